The van der Waals surface area contributed by atoms with Crippen molar-refractivity contribution < 1.29 is 9.90 Å². The van der Waals surface area contributed by atoms with Crippen LogP contribution in [0, 0.1) is 10.5 Å². The highest BCUT2D eigenvalue weighted by molar-refractivity contribution is 14.1. The van der Waals surface area contributed by atoms with E-state index < -0.39 is 0 Å². The molecule has 0 saturated carbocycles. The molecular weight excluding hydrogens is 331 g/mol. The van der Waals surface area contributed by atoms with E-state index in [1.54, 1.807) is 4.90 Å². The zero-order valence-corrected chi connectivity index (χ0v) is 11.8. The molecule has 1 aliphatic heterocycles. The van der Waals surface area contributed by atoms with Crippen molar-refractivity contribution in [3.05, 3.63) is 27.3 Å². The molecule has 0 unspecified atom stereocenters. The number of nitrogens with one attached hydrogen (secondary N) is 1. The van der Waals surface area contributed by atoms with Crippen LogP contribution in [0.15, 0.2) is 18.2 Å². The van der Waals surface area contributed by atoms with Crippen molar-refractivity contribution in [1.82, 2.24) is 4.90 Å². The second-order valence-electron chi connectivity index (χ2n) is 4.28. The molecule has 1 aromatic rings. The first-order valence-electron chi connectivity index (χ1n) is 5.56. The molecule has 2 amide bonds. The number of halogens is 1. The van der Waals surface area contributed by atoms with Gasteiger partial charge in [-0.15, -0.1) is 0 Å². The maximum absolute atomic E-state index is 11.9. The fraction of sp³-hybridized carbons (Fsp3) is 0.417. The van der Waals surface area contributed by atoms with E-state index in [-0.39, 0.29) is 12.1 Å². The lowest BCUT2D eigenvalue weighted by atomic mass is 10.2. The molecule has 1 heterocycles. The van der Waals surface area contributed by atoms with E-state index in [0.717, 1.165) is 14.8 Å². The Morgan fingerprint density at radius 2 is 2.35 bits per heavy atom. The van der Waals surface area contributed by atoms with Gasteiger partial charge in [-0.05, 0) is 59.7 Å². The molecule has 5 heteroatoms. The molecule has 1 saturated heterocycles. The lowest BCUT2D eigenvalue weighted by Gasteiger charge is -2.17. The largest absolute Gasteiger partial charge is 0.391 e. The minimum absolute atomic E-state index is 0.133. The minimum atomic E-state index is -0.376. The number of nitrogens with zero attached hydrogens (tertiary/aromatic N) is 1. The molecule has 4 nitrogen and oxygen atoms in total. The summed E-state index contributed by atoms with van der Waals surface area (Å²) in [6.07, 6.45) is 0.289. The normalized spacial score (nSPS) is 19.5. The van der Waals surface area contributed by atoms with Crippen molar-refractivity contribution >= 4 is 34.3 Å². The highest BCUT2D eigenvalue weighted by Crippen LogP contribution is 2.19. The number of aryl methyl sites for hydroxylation is 1. The Labute approximate surface area is 114 Å². The second-order valence-corrected chi connectivity index (χ2v) is 5.52. The highest BCUT2D eigenvalue weighted by Gasteiger charge is 2.24. The average Bonchev–Trinajstić information content (AvgIpc) is 2.69. The van der Waals surface area contributed by atoms with Gasteiger partial charge in [0, 0.05) is 22.3 Å². The number of aliphatic hydroxyl groups excluding tert-OH is 1. The third-order valence-electron chi connectivity index (χ3n) is 2.88. The quantitative estimate of drug-likeness (QED) is 0.766. The van der Waals surface area contributed by atoms with Crippen molar-refractivity contribution in [2.45, 2.75) is 19.4 Å². The van der Waals surface area contributed by atoms with Gasteiger partial charge in [0.05, 0.1) is 6.10 Å². The molecule has 1 aromatic carbocycles. The van der Waals surface area contributed by atoms with Crippen molar-refractivity contribution in [2.24, 2.45) is 0 Å². The Hall–Kier alpha value is -0.820. The van der Waals surface area contributed by atoms with Gasteiger partial charge in [0.15, 0.2) is 0 Å². The highest BCUT2D eigenvalue weighted by atomic mass is 127. The van der Waals surface area contributed by atoms with Crippen LogP contribution in [0.3, 0.4) is 0 Å². The monoisotopic (exact) mass is 346 g/mol. The molecule has 0 aliphatic carbocycles. The Bertz CT molecular complexity index is 437. The fourth-order valence-corrected chi connectivity index (χ4v) is 2.53. The maximum atomic E-state index is 11.9. The van der Waals surface area contributed by atoms with Crippen molar-refractivity contribution in [3.8, 4) is 0 Å². The van der Waals surface area contributed by atoms with Gasteiger partial charge in [0.25, 0.3) is 0 Å². The van der Waals surface area contributed by atoms with Crippen LogP contribution in [0.5, 0.6) is 0 Å². The predicted octanol–water partition coefficient (Wildman–Crippen LogP) is 2.20. The van der Waals surface area contributed by atoms with Gasteiger partial charge in [-0.3, -0.25) is 0 Å². The van der Waals surface area contributed by atoms with Gasteiger partial charge < -0.3 is 15.3 Å². The van der Waals surface area contributed by atoms with Crippen molar-refractivity contribution in [1.29, 1.82) is 0 Å². The third-order valence-corrected chi connectivity index (χ3v) is 3.55. The van der Waals surface area contributed by atoms with Gasteiger partial charge >= 0.3 is 6.03 Å². The summed E-state index contributed by atoms with van der Waals surface area (Å²) in [5, 5.41) is 12.3. The molecule has 2 rings (SSSR count). The number of β-amino-alcohol motifs (C(OH)–C–C–N with tert-alkyl or cyclic N) is 1. The number of benzene rings is 1. The Morgan fingerprint density at radius 3 is 2.94 bits per heavy atom. The van der Waals surface area contributed by atoms with Crippen molar-refractivity contribution in [2.75, 3.05) is 18.4 Å². The molecule has 1 fully saturated rings. The van der Waals surface area contributed by atoms with Gasteiger partial charge in [0.1, 0.15) is 0 Å². The molecule has 0 radical (unpaired) electrons. The fourth-order valence-electron chi connectivity index (χ4n) is 1.89. The van der Waals surface area contributed by atoms with Crippen LogP contribution in [0.25, 0.3) is 0 Å². The topological polar surface area (TPSA) is 52.6 Å². The molecule has 0 bridgehead atoms. The van der Waals surface area contributed by atoms with Crippen molar-refractivity contribution in [3.63, 3.8) is 0 Å². The standard InChI is InChI=1S/C12H15IN2O2/c1-8-6-9(13)2-3-11(8)14-12(17)15-5-4-10(16)7-15/h2-3,6,10,16H,4-5,7H2,1H3,(H,14,17)/t10-/m1/s1. The summed E-state index contributed by atoms with van der Waals surface area (Å²) in [5.74, 6) is 0. The van der Waals surface area contributed by atoms with Gasteiger partial charge in [-0.2, -0.15) is 0 Å². The van der Waals surface area contributed by atoms with Crippen LogP contribution in [0.2, 0.25) is 0 Å². The average molecular weight is 346 g/mol. The molecule has 2 N–H and O–H groups in total. The zero-order chi connectivity index (χ0) is 12.4. The Balaban J connectivity index is 2.03. The van der Waals surface area contributed by atoms with E-state index in [1.165, 1.54) is 0 Å². The van der Waals surface area contributed by atoms with Gasteiger partial charge in [0.2, 0.25) is 0 Å². The SMILES string of the molecule is Cc1cc(I)ccc1NC(=O)N1CC[C@@H](O)C1. The van der Waals surface area contributed by atoms with Crippen LogP contribution < -0.4 is 5.32 Å². The molecule has 1 atom stereocenters. The molecule has 0 aromatic heterocycles. The van der Waals surface area contributed by atoms with Crippen LogP contribution in [-0.2, 0) is 0 Å². The van der Waals surface area contributed by atoms with Gasteiger partial charge in [-0.25, -0.2) is 4.79 Å². The number of likely N-dealkylation sites (tertiary alicyclic amines) is 1. The lowest BCUT2D eigenvalue weighted by Crippen LogP contribution is -2.33. The summed E-state index contributed by atoms with van der Waals surface area (Å²) in [5.41, 5.74) is 1.88. The smallest absolute Gasteiger partial charge is 0.321 e. The second kappa shape index (κ2) is 5.22. The number of aliphatic hydroxyl groups is 1. The first-order chi connectivity index (χ1) is 8.06. The van der Waals surface area contributed by atoms with Crippen LogP contribution in [0.1, 0.15) is 12.0 Å². The van der Waals surface area contributed by atoms with E-state index in [1.807, 2.05) is 25.1 Å². The number of carbonyl (C=O) groups is 1. The Kier molecular flexibility index (Phi) is 3.88. The number of amides is 2. The molecule has 92 valence electrons. The van der Waals surface area contributed by atoms with E-state index in [9.17, 15) is 9.90 Å². The third kappa shape index (κ3) is 3.10. The number of anilines is 1. The summed E-state index contributed by atoms with van der Waals surface area (Å²) in [4.78, 5) is 13.5. The minimum Gasteiger partial charge on any atom is -0.391 e. The predicted molar refractivity (Wildman–Crippen MR) is 75.1 cm³/mol. The van der Waals surface area contributed by atoms with E-state index >= 15 is 0 Å². The molecular formula is C12H15IN2O2. The number of hydrogen-bond acceptors (Lipinski definition) is 2. The van der Waals surface area contributed by atoms with Crippen LogP contribution >= 0.6 is 22.6 Å². The molecule has 17 heavy (non-hydrogen) atoms. The number of rotatable bonds is 1. The maximum Gasteiger partial charge on any atom is 0.321 e. The Morgan fingerprint density at radius 1 is 1.59 bits per heavy atom. The molecule has 0 spiro atoms. The van der Waals surface area contributed by atoms with E-state index in [0.29, 0.717) is 19.5 Å². The molecule has 1 aliphatic rings. The number of carbonyl (C=O) groups excluding carboxylic acids is 1. The number of hydrogen-bond donors (Lipinski definition) is 2. The summed E-state index contributed by atoms with van der Waals surface area (Å²) >= 11 is 2.24. The number of urea groups is 1. The van der Waals surface area contributed by atoms with Crippen LogP contribution in [0.4, 0.5) is 10.5 Å². The van der Waals surface area contributed by atoms with Gasteiger partial charge in [-0.1, -0.05) is 0 Å². The van der Waals surface area contributed by atoms with Crippen LogP contribution in [-0.4, -0.2) is 35.2 Å². The summed E-state index contributed by atoms with van der Waals surface area (Å²) < 4.78 is 1.15. The first-order valence-corrected chi connectivity index (χ1v) is 6.64. The summed E-state index contributed by atoms with van der Waals surface area (Å²) in [7, 11) is 0. The first kappa shape index (κ1) is 12.6. The lowest BCUT2D eigenvalue weighted by molar-refractivity contribution is 0.176. The summed E-state index contributed by atoms with van der Waals surface area (Å²) in [6, 6.07) is 5.75. The van der Waals surface area contributed by atoms with E-state index in [4.69, 9.17) is 0 Å². The zero-order valence-electron chi connectivity index (χ0n) is 9.61. The summed E-state index contributed by atoms with van der Waals surface area (Å²) in [6.45, 7) is 3.02. The van der Waals surface area contributed by atoms with E-state index in [2.05, 4.69) is 27.9 Å².